The summed E-state index contributed by atoms with van der Waals surface area (Å²) in [7, 11) is 0. The molecule has 1 amide bonds. The van der Waals surface area contributed by atoms with Crippen LogP contribution in [0.15, 0.2) is 18.2 Å². The van der Waals surface area contributed by atoms with E-state index in [4.69, 9.17) is 11.6 Å². The van der Waals surface area contributed by atoms with E-state index < -0.39 is 5.82 Å². The Bertz CT molecular complexity index is 572. The van der Waals surface area contributed by atoms with Crippen LogP contribution in [-0.2, 0) is 0 Å². The molecule has 1 aromatic carbocycles. The Morgan fingerprint density at radius 3 is 2.88 bits per heavy atom. The minimum absolute atomic E-state index is 0.0399. The molecule has 17 heavy (non-hydrogen) atoms. The molecule has 88 valence electrons. The molecule has 1 heterocycles. The van der Waals surface area contributed by atoms with Crippen LogP contribution in [0.4, 0.5) is 10.1 Å². The van der Waals surface area contributed by atoms with Crippen molar-refractivity contribution in [2.24, 2.45) is 0 Å². The number of hydrogen-bond donors (Lipinski definition) is 1. The van der Waals surface area contributed by atoms with E-state index >= 15 is 0 Å². The predicted octanol–water partition coefficient (Wildman–Crippen LogP) is 2.89. The smallest absolute Gasteiger partial charge is 0.269 e. The van der Waals surface area contributed by atoms with Crippen molar-refractivity contribution < 1.29 is 9.18 Å². The Hall–Kier alpha value is -1.53. The van der Waals surface area contributed by atoms with Gasteiger partial charge in [0.25, 0.3) is 5.91 Å². The second-order valence-electron chi connectivity index (χ2n) is 3.27. The zero-order valence-corrected chi connectivity index (χ0v) is 10.3. The Morgan fingerprint density at radius 2 is 2.29 bits per heavy atom. The lowest BCUT2D eigenvalue weighted by molar-refractivity contribution is 0.103. The van der Waals surface area contributed by atoms with Crippen molar-refractivity contribution in [3.8, 4) is 0 Å². The van der Waals surface area contributed by atoms with Crippen molar-refractivity contribution in [2.75, 3.05) is 5.32 Å². The zero-order chi connectivity index (χ0) is 12.4. The van der Waals surface area contributed by atoms with E-state index in [1.807, 2.05) is 0 Å². The number of aryl methyl sites for hydroxylation is 1. The molecule has 1 aromatic heterocycles. The van der Waals surface area contributed by atoms with Gasteiger partial charge in [-0.25, -0.2) is 4.39 Å². The average Bonchev–Trinajstić information content (AvgIpc) is 2.70. The number of halogens is 2. The number of benzene rings is 1. The molecule has 2 aromatic rings. The molecular weight excluding hydrogens is 265 g/mol. The Kier molecular flexibility index (Phi) is 3.35. The van der Waals surface area contributed by atoms with Crippen LogP contribution < -0.4 is 5.32 Å². The van der Waals surface area contributed by atoms with Crippen LogP contribution in [0.3, 0.4) is 0 Å². The van der Waals surface area contributed by atoms with Gasteiger partial charge in [0, 0.05) is 5.69 Å². The molecule has 1 N–H and O–H groups in total. The monoisotopic (exact) mass is 271 g/mol. The van der Waals surface area contributed by atoms with Gasteiger partial charge in [0.1, 0.15) is 10.7 Å². The van der Waals surface area contributed by atoms with Crippen molar-refractivity contribution in [1.29, 1.82) is 0 Å². The first-order chi connectivity index (χ1) is 8.08. The first-order valence-corrected chi connectivity index (χ1v) is 5.78. The molecule has 0 unspecified atom stereocenters. The number of anilines is 1. The van der Waals surface area contributed by atoms with Gasteiger partial charge in [-0.3, -0.25) is 4.79 Å². The van der Waals surface area contributed by atoms with Gasteiger partial charge >= 0.3 is 0 Å². The molecule has 0 saturated carbocycles. The number of amides is 1. The highest BCUT2D eigenvalue weighted by Gasteiger charge is 2.13. The number of carbonyl (C=O) groups is 1. The molecule has 0 radical (unpaired) electrons. The minimum atomic E-state index is -0.527. The summed E-state index contributed by atoms with van der Waals surface area (Å²) in [5.74, 6) is -0.861. The molecule has 0 bridgehead atoms. The summed E-state index contributed by atoms with van der Waals surface area (Å²) in [6, 6.07) is 3.97. The quantitative estimate of drug-likeness (QED) is 0.914. The van der Waals surface area contributed by atoms with Gasteiger partial charge in [0.2, 0.25) is 0 Å². The summed E-state index contributed by atoms with van der Waals surface area (Å²) >= 11 is 6.61. The van der Waals surface area contributed by atoms with E-state index in [0.29, 0.717) is 16.3 Å². The summed E-state index contributed by atoms with van der Waals surface area (Å²) in [5.41, 5.74) is 0.981. The van der Waals surface area contributed by atoms with Gasteiger partial charge in [-0.1, -0.05) is 16.1 Å². The summed E-state index contributed by atoms with van der Waals surface area (Å²) in [4.78, 5) is 12.2. The van der Waals surface area contributed by atoms with Crippen LogP contribution >= 0.6 is 23.1 Å². The maximum atomic E-state index is 12.9. The van der Waals surface area contributed by atoms with E-state index in [-0.39, 0.29) is 10.9 Å². The minimum Gasteiger partial charge on any atom is -0.321 e. The fourth-order valence-electron chi connectivity index (χ4n) is 1.20. The number of hydrogen-bond acceptors (Lipinski definition) is 4. The lowest BCUT2D eigenvalue weighted by atomic mass is 10.3. The van der Waals surface area contributed by atoms with E-state index in [0.717, 1.165) is 11.5 Å². The molecule has 7 heteroatoms. The molecule has 0 saturated heterocycles. The molecule has 0 aliphatic carbocycles. The second-order valence-corrected chi connectivity index (χ2v) is 4.43. The van der Waals surface area contributed by atoms with Gasteiger partial charge in [0.05, 0.1) is 10.7 Å². The van der Waals surface area contributed by atoms with Crippen LogP contribution in [0.5, 0.6) is 0 Å². The summed E-state index contributed by atoms with van der Waals surface area (Å²) < 4.78 is 16.6. The number of carbonyl (C=O) groups excluding carboxylic acids is 1. The first kappa shape index (κ1) is 11.9. The van der Waals surface area contributed by atoms with E-state index in [9.17, 15) is 9.18 Å². The molecule has 0 aliphatic rings. The Labute approximate surface area is 106 Å². The van der Waals surface area contributed by atoms with Crippen LogP contribution in [0.25, 0.3) is 0 Å². The van der Waals surface area contributed by atoms with Crippen LogP contribution in [0, 0.1) is 12.7 Å². The third kappa shape index (κ3) is 2.59. The highest BCUT2D eigenvalue weighted by atomic mass is 35.5. The number of rotatable bonds is 2. The van der Waals surface area contributed by atoms with Crippen LogP contribution in [0.1, 0.15) is 15.4 Å². The number of nitrogens with one attached hydrogen (secondary N) is 1. The highest BCUT2D eigenvalue weighted by Crippen LogP contribution is 2.20. The number of aromatic nitrogens is 2. The largest absolute Gasteiger partial charge is 0.321 e. The average molecular weight is 272 g/mol. The van der Waals surface area contributed by atoms with Crippen molar-refractivity contribution in [3.05, 3.63) is 39.6 Å². The molecule has 0 aliphatic heterocycles. The third-order valence-electron chi connectivity index (χ3n) is 2.04. The Balaban J connectivity index is 2.19. The van der Waals surface area contributed by atoms with Crippen LogP contribution in [0.2, 0.25) is 5.02 Å². The maximum Gasteiger partial charge on any atom is 0.269 e. The third-order valence-corrected chi connectivity index (χ3v) is 3.15. The normalized spacial score (nSPS) is 10.3. The summed E-state index contributed by atoms with van der Waals surface area (Å²) in [6.45, 7) is 1.69. The molecule has 4 nitrogen and oxygen atoms in total. The Morgan fingerprint density at radius 1 is 1.53 bits per heavy atom. The first-order valence-electron chi connectivity index (χ1n) is 4.63. The fraction of sp³-hybridized carbons (Fsp3) is 0.100. The molecule has 2 rings (SSSR count). The molecule has 0 fully saturated rings. The second kappa shape index (κ2) is 4.77. The maximum absolute atomic E-state index is 12.9. The topological polar surface area (TPSA) is 54.9 Å². The highest BCUT2D eigenvalue weighted by molar-refractivity contribution is 7.08. The van der Waals surface area contributed by atoms with Gasteiger partial charge in [-0.15, -0.1) is 5.10 Å². The van der Waals surface area contributed by atoms with Crippen LogP contribution in [-0.4, -0.2) is 15.5 Å². The predicted molar refractivity (Wildman–Crippen MR) is 64.0 cm³/mol. The number of nitrogens with zero attached hydrogens (tertiary/aromatic N) is 2. The standard InChI is InChI=1S/C10H7ClFN3OS/c1-5-9(17-15-14-5)10(16)13-6-2-3-8(12)7(11)4-6/h2-4H,1H3,(H,13,16). The van der Waals surface area contributed by atoms with Crippen molar-refractivity contribution in [2.45, 2.75) is 6.92 Å². The van der Waals surface area contributed by atoms with Gasteiger partial charge < -0.3 is 5.32 Å². The lowest BCUT2D eigenvalue weighted by Crippen LogP contribution is -2.11. The molecular formula is C10H7ClFN3OS. The lowest BCUT2D eigenvalue weighted by Gasteiger charge is -2.04. The van der Waals surface area contributed by atoms with Gasteiger partial charge in [-0.2, -0.15) is 0 Å². The molecule has 0 atom stereocenters. The van der Waals surface area contributed by atoms with Gasteiger partial charge in [0.15, 0.2) is 0 Å². The fourth-order valence-corrected chi connectivity index (χ4v) is 1.93. The summed E-state index contributed by atoms with van der Waals surface area (Å²) in [5, 5.41) is 6.29. The van der Waals surface area contributed by atoms with E-state index in [1.165, 1.54) is 18.2 Å². The zero-order valence-electron chi connectivity index (χ0n) is 8.70. The van der Waals surface area contributed by atoms with E-state index in [2.05, 4.69) is 14.9 Å². The van der Waals surface area contributed by atoms with Crippen molar-refractivity contribution >= 4 is 34.7 Å². The summed E-state index contributed by atoms with van der Waals surface area (Å²) in [6.07, 6.45) is 0. The van der Waals surface area contributed by atoms with Crippen molar-refractivity contribution in [1.82, 2.24) is 9.59 Å². The SMILES string of the molecule is Cc1nnsc1C(=O)Nc1ccc(F)c(Cl)c1. The molecule has 0 spiro atoms. The van der Waals surface area contributed by atoms with Gasteiger partial charge in [-0.05, 0) is 36.7 Å². The van der Waals surface area contributed by atoms with Crippen molar-refractivity contribution in [3.63, 3.8) is 0 Å². The van der Waals surface area contributed by atoms with E-state index in [1.54, 1.807) is 6.92 Å².